The number of methoxy groups -OCH3 is 1. The minimum Gasteiger partial charge on any atom is -0.465 e. The van der Waals surface area contributed by atoms with Crippen LogP contribution in [0.3, 0.4) is 0 Å². The Hall–Kier alpha value is -2.62. The second-order valence-corrected chi connectivity index (χ2v) is 4.24. The van der Waals surface area contributed by atoms with E-state index in [4.69, 9.17) is 0 Å². The molecule has 2 rings (SSSR count). The molecule has 1 amide bonds. The van der Waals surface area contributed by atoms with E-state index < -0.39 is 0 Å². The Bertz CT molecular complexity index is 591. The summed E-state index contributed by atoms with van der Waals surface area (Å²) in [4.78, 5) is 23.1. The van der Waals surface area contributed by atoms with Crippen LogP contribution in [0.25, 0.3) is 0 Å². The smallest absolute Gasteiger partial charge is 0.337 e. The average molecular weight is 269 g/mol. The standard InChI is InChI=1S/C16H15NO3/c1-20-16(19)14-9-7-12(8-10-14)11-17-15(18)13-5-3-2-4-6-13/h2-10H,11H2,1H3,(H,17,18). The molecule has 0 unspecified atom stereocenters. The Labute approximate surface area is 117 Å². The van der Waals surface area contributed by atoms with Gasteiger partial charge >= 0.3 is 5.97 Å². The molecule has 4 nitrogen and oxygen atoms in total. The largest absolute Gasteiger partial charge is 0.465 e. The van der Waals surface area contributed by atoms with Crippen molar-refractivity contribution >= 4 is 11.9 Å². The quantitative estimate of drug-likeness (QED) is 0.867. The number of carbonyl (C=O) groups is 2. The van der Waals surface area contributed by atoms with Crippen LogP contribution in [0.15, 0.2) is 54.6 Å². The van der Waals surface area contributed by atoms with Gasteiger partial charge in [0.25, 0.3) is 5.91 Å². The molecule has 0 radical (unpaired) electrons. The molecular weight excluding hydrogens is 254 g/mol. The zero-order chi connectivity index (χ0) is 14.4. The molecule has 0 aliphatic carbocycles. The fourth-order valence-corrected chi connectivity index (χ4v) is 1.75. The van der Waals surface area contributed by atoms with Gasteiger partial charge in [-0.05, 0) is 29.8 Å². The van der Waals surface area contributed by atoms with E-state index in [1.54, 1.807) is 36.4 Å². The molecule has 0 spiro atoms. The van der Waals surface area contributed by atoms with E-state index >= 15 is 0 Å². The van der Waals surface area contributed by atoms with Crippen molar-refractivity contribution in [2.45, 2.75) is 6.54 Å². The van der Waals surface area contributed by atoms with Crippen molar-refractivity contribution in [3.05, 3.63) is 71.3 Å². The van der Waals surface area contributed by atoms with E-state index in [0.717, 1.165) is 5.56 Å². The van der Waals surface area contributed by atoms with Gasteiger partial charge in [-0.15, -0.1) is 0 Å². The zero-order valence-electron chi connectivity index (χ0n) is 11.1. The van der Waals surface area contributed by atoms with E-state index in [2.05, 4.69) is 10.1 Å². The number of hydrogen-bond acceptors (Lipinski definition) is 3. The molecule has 102 valence electrons. The SMILES string of the molecule is COC(=O)c1ccc(CNC(=O)c2ccccc2)cc1. The van der Waals surface area contributed by atoms with Gasteiger partial charge in [-0.1, -0.05) is 30.3 Å². The van der Waals surface area contributed by atoms with Crippen LogP contribution < -0.4 is 5.32 Å². The van der Waals surface area contributed by atoms with Gasteiger partial charge in [-0.2, -0.15) is 0 Å². The number of benzene rings is 2. The summed E-state index contributed by atoms with van der Waals surface area (Å²) < 4.78 is 4.62. The van der Waals surface area contributed by atoms with Crippen LogP contribution >= 0.6 is 0 Å². The molecule has 0 fully saturated rings. The second-order valence-electron chi connectivity index (χ2n) is 4.24. The summed E-state index contributed by atoms with van der Waals surface area (Å²) in [5.41, 5.74) is 2.03. The predicted molar refractivity (Wildman–Crippen MR) is 75.4 cm³/mol. The molecule has 0 aliphatic rings. The Morgan fingerprint density at radius 2 is 1.60 bits per heavy atom. The van der Waals surface area contributed by atoms with E-state index in [9.17, 15) is 9.59 Å². The van der Waals surface area contributed by atoms with Crippen molar-refractivity contribution in [1.29, 1.82) is 0 Å². The Balaban J connectivity index is 1.94. The summed E-state index contributed by atoms with van der Waals surface area (Å²) in [6.07, 6.45) is 0. The van der Waals surface area contributed by atoms with Crippen molar-refractivity contribution < 1.29 is 14.3 Å². The first-order chi connectivity index (χ1) is 9.70. The summed E-state index contributed by atoms with van der Waals surface area (Å²) in [5.74, 6) is -0.493. The topological polar surface area (TPSA) is 55.4 Å². The van der Waals surface area contributed by atoms with Gasteiger partial charge in [-0.25, -0.2) is 4.79 Å². The van der Waals surface area contributed by atoms with Crippen LogP contribution in [0.2, 0.25) is 0 Å². The number of amides is 1. The fraction of sp³-hybridized carbons (Fsp3) is 0.125. The maximum atomic E-state index is 11.9. The molecule has 4 heteroatoms. The number of rotatable bonds is 4. The maximum absolute atomic E-state index is 11.9. The van der Waals surface area contributed by atoms with Gasteiger partial charge in [0.1, 0.15) is 0 Å². The molecule has 0 heterocycles. The van der Waals surface area contributed by atoms with Gasteiger partial charge in [-0.3, -0.25) is 4.79 Å². The van der Waals surface area contributed by atoms with Crippen molar-refractivity contribution in [3.8, 4) is 0 Å². The molecule has 20 heavy (non-hydrogen) atoms. The molecule has 0 bridgehead atoms. The lowest BCUT2D eigenvalue weighted by atomic mass is 10.1. The zero-order valence-corrected chi connectivity index (χ0v) is 11.1. The van der Waals surface area contributed by atoms with Crippen LogP contribution in [0.4, 0.5) is 0 Å². The normalized spacial score (nSPS) is 9.85. The third-order valence-corrected chi connectivity index (χ3v) is 2.86. The highest BCUT2D eigenvalue weighted by Crippen LogP contribution is 2.06. The Morgan fingerprint density at radius 1 is 0.950 bits per heavy atom. The van der Waals surface area contributed by atoms with Gasteiger partial charge in [0.05, 0.1) is 12.7 Å². The predicted octanol–water partition coefficient (Wildman–Crippen LogP) is 2.40. The number of carbonyl (C=O) groups excluding carboxylic acids is 2. The highest BCUT2D eigenvalue weighted by molar-refractivity contribution is 5.94. The first kappa shape index (κ1) is 13.8. The lowest BCUT2D eigenvalue weighted by Gasteiger charge is -2.06. The highest BCUT2D eigenvalue weighted by atomic mass is 16.5. The second kappa shape index (κ2) is 6.52. The van der Waals surface area contributed by atoms with Crippen LogP contribution in [-0.2, 0) is 11.3 Å². The molecule has 1 N–H and O–H groups in total. The first-order valence-electron chi connectivity index (χ1n) is 6.21. The minimum absolute atomic E-state index is 0.123. The van der Waals surface area contributed by atoms with Gasteiger partial charge in [0.2, 0.25) is 0 Å². The van der Waals surface area contributed by atoms with Gasteiger partial charge < -0.3 is 10.1 Å². The molecule has 2 aromatic rings. The number of esters is 1. The monoisotopic (exact) mass is 269 g/mol. The summed E-state index contributed by atoms with van der Waals surface area (Å²) in [7, 11) is 1.34. The van der Waals surface area contributed by atoms with Crippen LogP contribution in [0.5, 0.6) is 0 Å². The summed E-state index contributed by atoms with van der Waals surface area (Å²) in [5, 5.41) is 2.82. The molecule has 0 atom stereocenters. The highest BCUT2D eigenvalue weighted by Gasteiger charge is 2.06. The summed E-state index contributed by atoms with van der Waals surface area (Å²) in [6.45, 7) is 0.412. The van der Waals surface area contributed by atoms with Crippen LogP contribution in [0, 0.1) is 0 Å². The number of hydrogen-bond donors (Lipinski definition) is 1. The van der Waals surface area contributed by atoms with Gasteiger partial charge in [0, 0.05) is 12.1 Å². The Kier molecular flexibility index (Phi) is 4.50. The third kappa shape index (κ3) is 3.45. The first-order valence-corrected chi connectivity index (χ1v) is 6.21. The molecule has 0 saturated carbocycles. The number of nitrogens with one attached hydrogen (secondary N) is 1. The minimum atomic E-state index is -0.370. The van der Waals surface area contributed by atoms with Crippen molar-refractivity contribution in [2.24, 2.45) is 0 Å². The fourth-order valence-electron chi connectivity index (χ4n) is 1.75. The van der Waals surface area contributed by atoms with E-state index in [0.29, 0.717) is 17.7 Å². The third-order valence-electron chi connectivity index (χ3n) is 2.86. The molecule has 2 aromatic carbocycles. The lowest BCUT2D eigenvalue weighted by Crippen LogP contribution is -2.22. The molecule has 0 aliphatic heterocycles. The van der Waals surface area contributed by atoms with Crippen LogP contribution in [0.1, 0.15) is 26.3 Å². The van der Waals surface area contributed by atoms with E-state index in [-0.39, 0.29) is 11.9 Å². The van der Waals surface area contributed by atoms with E-state index in [1.165, 1.54) is 7.11 Å². The van der Waals surface area contributed by atoms with Crippen LogP contribution in [-0.4, -0.2) is 19.0 Å². The summed E-state index contributed by atoms with van der Waals surface area (Å²) >= 11 is 0. The van der Waals surface area contributed by atoms with E-state index in [1.807, 2.05) is 18.2 Å². The lowest BCUT2D eigenvalue weighted by molar-refractivity contribution is 0.0600. The van der Waals surface area contributed by atoms with Gasteiger partial charge in [0.15, 0.2) is 0 Å². The average Bonchev–Trinajstić information content (AvgIpc) is 2.53. The Morgan fingerprint density at radius 3 is 2.20 bits per heavy atom. The molecule has 0 saturated heterocycles. The summed E-state index contributed by atoms with van der Waals surface area (Å²) in [6, 6.07) is 16.0. The van der Waals surface area contributed by atoms with Crippen molar-refractivity contribution in [1.82, 2.24) is 5.32 Å². The molecular formula is C16H15NO3. The maximum Gasteiger partial charge on any atom is 0.337 e. The van der Waals surface area contributed by atoms with Crippen molar-refractivity contribution in [2.75, 3.05) is 7.11 Å². The van der Waals surface area contributed by atoms with Crippen molar-refractivity contribution in [3.63, 3.8) is 0 Å². The molecule has 0 aromatic heterocycles. The number of ether oxygens (including phenoxy) is 1.